The van der Waals surface area contributed by atoms with Crippen molar-refractivity contribution < 1.29 is 9.53 Å². The van der Waals surface area contributed by atoms with Crippen LogP contribution in [0.2, 0.25) is 5.02 Å². The highest BCUT2D eigenvalue weighted by molar-refractivity contribution is 6.30. The molecule has 1 N–H and O–H groups in total. The van der Waals surface area contributed by atoms with Gasteiger partial charge in [-0.1, -0.05) is 23.7 Å². The van der Waals surface area contributed by atoms with Crippen LogP contribution < -0.4 is 0 Å². The number of nitrogens with zero attached hydrogens (tertiary/aromatic N) is 1. The number of carbonyl (C=O) groups excluding carboxylic acids is 1. The second kappa shape index (κ2) is 5.58. The predicted octanol–water partition coefficient (Wildman–Crippen LogP) is 3.59. The van der Waals surface area contributed by atoms with Gasteiger partial charge >= 0.3 is 5.97 Å². The Bertz CT molecular complexity index is 794. The molecule has 5 heteroatoms. The molecule has 0 saturated heterocycles. The van der Waals surface area contributed by atoms with Gasteiger partial charge in [-0.2, -0.15) is 0 Å². The Kier molecular flexibility index (Phi) is 3.62. The zero-order chi connectivity index (χ0) is 14.8. The molecule has 3 aromatic rings. The number of esters is 1. The summed E-state index contributed by atoms with van der Waals surface area (Å²) < 4.78 is 4.71. The summed E-state index contributed by atoms with van der Waals surface area (Å²) in [6.45, 7) is 0. The summed E-state index contributed by atoms with van der Waals surface area (Å²) in [5, 5.41) is 0.714. The highest BCUT2D eigenvalue weighted by Gasteiger charge is 2.09. The van der Waals surface area contributed by atoms with E-state index in [-0.39, 0.29) is 5.97 Å². The van der Waals surface area contributed by atoms with Gasteiger partial charge < -0.3 is 9.72 Å². The van der Waals surface area contributed by atoms with Crippen LogP contribution in [-0.4, -0.2) is 23.0 Å². The smallest absolute Gasteiger partial charge is 0.337 e. The quantitative estimate of drug-likeness (QED) is 0.752. The van der Waals surface area contributed by atoms with Crippen molar-refractivity contribution in [1.29, 1.82) is 0 Å². The summed E-state index contributed by atoms with van der Waals surface area (Å²) in [5.41, 5.74) is 3.26. The topological polar surface area (TPSA) is 55.0 Å². The number of ether oxygens (including phenoxy) is 1. The van der Waals surface area contributed by atoms with Crippen molar-refractivity contribution in [2.75, 3.05) is 7.11 Å². The minimum atomic E-state index is -0.362. The molecular formula is C16H13ClN2O2. The maximum atomic E-state index is 11.5. The highest BCUT2D eigenvalue weighted by atomic mass is 35.5. The predicted molar refractivity (Wildman–Crippen MR) is 81.7 cm³/mol. The Morgan fingerprint density at radius 3 is 2.71 bits per heavy atom. The zero-order valence-electron chi connectivity index (χ0n) is 11.4. The van der Waals surface area contributed by atoms with Crippen LogP contribution in [0.4, 0.5) is 0 Å². The Morgan fingerprint density at radius 1 is 1.24 bits per heavy atom. The maximum absolute atomic E-state index is 11.5. The van der Waals surface area contributed by atoms with E-state index in [9.17, 15) is 4.79 Å². The van der Waals surface area contributed by atoms with E-state index in [0.717, 1.165) is 22.4 Å². The monoisotopic (exact) mass is 300 g/mol. The summed E-state index contributed by atoms with van der Waals surface area (Å²) in [6.07, 6.45) is 0.680. The first-order chi connectivity index (χ1) is 10.2. The van der Waals surface area contributed by atoms with E-state index in [1.165, 1.54) is 7.11 Å². The fourth-order valence-corrected chi connectivity index (χ4v) is 2.31. The van der Waals surface area contributed by atoms with E-state index in [4.69, 9.17) is 16.3 Å². The van der Waals surface area contributed by atoms with Crippen molar-refractivity contribution in [3.8, 4) is 0 Å². The Hall–Kier alpha value is -2.33. The van der Waals surface area contributed by atoms with Gasteiger partial charge in [0.25, 0.3) is 0 Å². The molecule has 0 amide bonds. The van der Waals surface area contributed by atoms with E-state index in [2.05, 4.69) is 9.97 Å². The fraction of sp³-hybridized carbons (Fsp3) is 0.125. The summed E-state index contributed by atoms with van der Waals surface area (Å²) in [5.74, 6) is 0.480. The standard InChI is InChI=1S/C16H13ClN2O2/c1-21-16(20)11-4-7-13-14(9-11)19-15(18-13)8-10-2-5-12(17)6-3-10/h2-7,9H,8H2,1H3,(H,18,19). The molecule has 0 spiro atoms. The Labute approximate surface area is 126 Å². The molecule has 0 aliphatic rings. The van der Waals surface area contributed by atoms with Gasteiger partial charge in [0.1, 0.15) is 5.82 Å². The molecule has 3 rings (SSSR count). The molecule has 0 aliphatic carbocycles. The molecule has 106 valence electrons. The number of fused-ring (bicyclic) bond motifs is 1. The number of halogens is 1. The van der Waals surface area contributed by atoms with Crippen LogP contribution >= 0.6 is 11.6 Å². The normalized spacial score (nSPS) is 10.8. The summed E-state index contributed by atoms with van der Waals surface area (Å²) in [4.78, 5) is 19.3. The molecule has 0 aliphatic heterocycles. The third kappa shape index (κ3) is 2.90. The van der Waals surface area contributed by atoms with Crippen LogP contribution in [0.1, 0.15) is 21.7 Å². The van der Waals surface area contributed by atoms with Gasteiger partial charge in [-0.3, -0.25) is 0 Å². The summed E-state index contributed by atoms with van der Waals surface area (Å²) in [6, 6.07) is 12.9. The van der Waals surface area contributed by atoms with Gasteiger partial charge in [0.05, 0.1) is 23.7 Å². The number of benzene rings is 2. The van der Waals surface area contributed by atoms with Crippen LogP contribution in [0.5, 0.6) is 0 Å². The lowest BCUT2D eigenvalue weighted by atomic mass is 10.1. The molecule has 1 aromatic heterocycles. The van der Waals surface area contributed by atoms with E-state index in [1.807, 2.05) is 30.3 Å². The highest BCUT2D eigenvalue weighted by Crippen LogP contribution is 2.17. The van der Waals surface area contributed by atoms with E-state index in [0.29, 0.717) is 17.0 Å². The van der Waals surface area contributed by atoms with Gasteiger partial charge in [-0.25, -0.2) is 9.78 Å². The van der Waals surface area contributed by atoms with Gasteiger partial charge in [-0.05, 0) is 35.9 Å². The van der Waals surface area contributed by atoms with Gasteiger partial charge in [-0.15, -0.1) is 0 Å². The first-order valence-electron chi connectivity index (χ1n) is 6.47. The third-order valence-corrected chi connectivity index (χ3v) is 3.49. The number of aromatic nitrogens is 2. The summed E-state index contributed by atoms with van der Waals surface area (Å²) >= 11 is 5.87. The number of hydrogen-bond donors (Lipinski definition) is 1. The maximum Gasteiger partial charge on any atom is 0.337 e. The minimum Gasteiger partial charge on any atom is -0.465 e. The zero-order valence-corrected chi connectivity index (χ0v) is 12.1. The molecule has 2 aromatic carbocycles. The van der Waals surface area contributed by atoms with Crippen LogP contribution in [0, 0.1) is 0 Å². The lowest BCUT2D eigenvalue weighted by Crippen LogP contribution is -2.00. The van der Waals surface area contributed by atoms with Gasteiger partial charge in [0.15, 0.2) is 0 Å². The van der Waals surface area contributed by atoms with Crippen molar-refractivity contribution in [3.05, 3.63) is 64.4 Å². The second-order valence-electron chi connectivity index (χ2n) is 4.71. The van der Waals surface area contributed by atoms with Crippen LogP contribution in [0.3, 0.4) is 0 Å². The van der Waals surface area contributed by atoms with E-state index < -0.39 is 0 Å². The number of nitrogens with one attached hydrogen (secondary N) is 1. The van der Waals surface area contributed by atoms with Crippen LogP contribution in [0.15, 0.2) is 42.5 Å². The van der Waals surface area contributed by atoms with Gasteiger partial charge in [0, 0.05) is 11.4 Å². The van der Waals surface area contributed by atoms with Crippen molar-refractivity contribution in [2.24, 2.45) is 0 Å². The van der Waals surface area contributed by atoms with Crippen LogP contribution in [-0.2, 0) is 11.2 Å². The lowest BCUT2D eigenvalue weighted by Gasteiger charge is -1.97. The SMILES string of the molecule is COC(=O)c1ccc2[nH]c(Cc3ccc(Cl)cc3)nc2c1. The molecule has 0 radical (unpaired) electrons. The van der Waals surface area contributed by atoms with Crippen molar-refractivity contribution in [1.82, 2.24) is 9.97 Å². The Balaban J connectivity index is 1.90. The molecule has 1 heterocycles. The number of rotatable bonds is 3. The van der Waals surface area contributed by atoms with Gasteiger partial charge in [0.2, 0.25) is 0 Å². The molecule has 0 atom stereocenters. The summed E-state index contributed by atoms with van der Waals surface area (Å²) in [7, 11) is 1.36. The van der Waals surface area contributed by atoms with Crippen molar-refractivity contribution in [2.45, 2.75) is 6.42 Å². The molecule has 0 saturated carbocycles. The first kappa shape index (κ1) is 13.6. The van der Waals surface area contributed by atoms with Crippen molar-refractivity contribution >= 4 is 28.6 Å². The molecular weight excluding hydrogens is 288 g/mol. The number of carbonyl (C=O) groups is 1. The average molecular weight is 301 g/mol. The molecule has 0 fully saturated rings. The average Bonchev–Trinajstić information content (AvgIpc) is 2.90. The minimum absolute atomic E-state index is 0.362. The first-order valence-corrected chi connectivity index (χ1v) is 6.85. The molecule has 0 unspecified atom stereocenters. The Morgan fingerprint density at radius 2 is 2.00 bits per heavy atom. The number of H-pyrrole nitrogens is 1. The number of hydrogen-bond acceptors (Lipinski definition) is 3. The number of imidazole rings is 1. The second-order valence-corrected chi connectivity index (χ2v) is 5.15. The lowest BCUT2D eigenvalue weighted by molar-refractivity contribution is 0.0601. The van der Waals surface area contributed by atoms with Crippen LogP contribution in [0.25, 0.3) is 11.0 Å². The molecule has 21 heavy (non-hydrogen) atoms. The largest absolute Gasteiger partial charge is 0.465 e. The van der Waals surface area contributed by atoms with E-state index in [1.54, 1.807) is 12.1 Å². The third-order valence-electron chi connectivity index (χ3n) is 3.24. The number of aromatic amines is 1. The fourth-order valence-electron chi connectivity index (χ4n) is 2.18. The molecule has 4 nitrogen and oxygen atoms in total. The van der Waals surface area contributed by atoms with E-state index >= 15 is 0 Å². The number of methoxy groups -OCH3 is 1. The van der Waals surface area contributed by atoms with Crippen molar-refractivity contribution in [3.63, 3.8) is 0 Å². The molecule has 0 bridgehead atoms.